The molecule has 6 nitrogen and oxygen atoms in total. The summed E-state index contributed by atoms with van der Waals surface area (Å²) in [6, 6.07) is 21.9. The summed E-state index contributed by atoms with van der Waals surface area (Å²) >= 11 is 1.67. The molecule has 3 aromatic rings. The number of hydrogen-bond donors (Lipinski definition) is 1. The van der Waals surface area contributed by atoms with Gasteiger partial charge in [-0.25, -0.2) is 8.42 Å². The maximum Gasteiger partial charge on any atom is 0.251 e. The zero-order valence-corrected chi connectivity index (χ0v) is 24.0. The van der Waals surface area contributed by atoms with Crippen molar-refractivity contribution in [1.29, 1.82) is 0 Å². The molecule has 1 saturated heterocycles. The number of anilines is 1. The van der Waals surface area contributed by atoms with Crippen LogP contribution in [0.25, 0.3) is 17.2 Å². The lowest BCUT2D eigenvalue weighted by molar-refractivity contribution is -0.112. The molecule has 0 spiro atoms. The van der Waals surface area contributed by atoms with E-state index in [1.165, 1.54) is 5.56 Å². The Labute approximate surface area is 235 Å². The first-order chi connectivity index (χ1) is 18.8. The van der Waals surface area contributed by atoms with E-state index in [2.05, 4.69) is 17.3 Å². The quantitative estimate of drug-likeness (QED) is 0.362. The lowest BCUT2D eigenvalue weighted by Gasteiger charge is -2.31. The van der Waals surface area contributed by atoms with Gasteiger partial charge in [-0.3, -0.25) is 9.69 Å². The molecule has 2 heterocycles. The summed E-state index contributed by atoms with van der Waals surface area (Å²) in [5.74, 6) is -0.377. The van der Waals surface area contributed by atoms with E-state index in [0.717, 1.165) is 48.6 Å². The van der Waals surface area contributed by atoms with Gasteiger partial charge >= 0.3 is 0 Å². The topological polar surface area (TPSA) is 75.7 Å². The Morgan fingerprint density at radius 1 is 1.00 bits per heavy atom. The second-order valence-electron chi connectivity index (χ2n) is 10.1. The van der Waals surface area contributed by atoms with Crippen LogP contribution >= 0.6 is 11.8 Å². The normalized spacial score (nSPS) is 17.3. The summed E-state index contributed by atoms with van der Waals surface area (Å²) in [5.41, 5.74) is 4.78. The molecule has 5 rings (SSSR count). The van der Waals surface area contributed by atoms with Gasteiger partial charge in [-0.15, -0.1) is 11.8 Å². The first-order valence-electron chi connectivity index (χ1n) is 13.2. The molecule has 1 N–H and O–H groups in total. The van der Waals surface area contributed by atoms with Crippen molar-refractivity contribution in [3.63, 3.8) is 0 Å². The molecule has 0 aromatic heterocycles. The van der Waals surface area contributed by atoms with Crippen molar-refractivity contribution in [3.8, 4) is 11.1 Å². The highest BCUT2D eigenvalue weighted by Crippen LogP contribution is 2.32. The van der Waals surface area contributed by atoms with E-state index < -0.39 is 9.84 Å². The molecule has 1 amide bonds. The molecule has 0 radical (unpaired) electrons. The van der Waals surface area contributed by atoms with Gasteiger partial charge in [-0.1, -0.05) is 30.3 Å². The number of amides is 1. The van der Waals surface area contributed by atoms with Crippen molar-refractivity contribution >= 4 is 39.3 Å². The van der Waals surface area contributed by atoms with Gasteiger partial charge < -0.3 is 10.1 Å². The Morgan fingerprint density at radius 2 is 1.69 bits per heavy atom. The van der Waals surface area contributed by atoms with Crippen LogP contribution in [0.4, 0.5) is 5.69 Å². The molecule has 2 aliphatic heterocycles. The third-order valence-electron chi connectivity index (χ3n) is 7.49. The highest BCUT2D eigenvalue weighted by molar-refractivity contribution is 7.98. The number of nitrogens with one attached hydrogen (secondary N) is 1. The maximum absolute atomic E-state index is 13.2. The van der Waals surface area contributed by atoms with E-state index in [1.807, 2.05) is 66.9 Å². The summed E-state index contributed by atoms with van der Waals surface area (Å²) in [4.78, 5) is 17.0. The second kappa shape index (κ2) is 12.1. The Balaban J connectivity index is 1.32. The number of rotatable bonds is 7. The summed E-state index contributed by atoms with van der Waals surface area (Å²) in [7, 11) is -1.36. The molecule has 0 unspecified atom stereocenters. The molecule has 1 fully saturated rings. The summed E-state index contributed by atoms with van der Waals surface area (Å²) in [6.45, 7) is 2.46. The summed E-state index contributed by atoms with van der Waals surface area (Å²) in [6.07, 6.45) is 6.01. The van der Waals surface area contributed by atoms with Gasteiger partial charge in [0.15, 0.2) is 9.84 Å². The number of nitrogens with zero attached hydrogens (tertiary/aromatic N) is 1. The van der Waals surface area contributed by atoms with Crippen LogP contribution in [0.5, 0.6) is 0 Å². The maximum atomic E-state index is 13.2. The van der Waals surface area contributed by atoms with Crippen LogP contribution in [-0.2, 0) is 25.9 Å². The molecule has 39 heavy (non-hydrogen) atoms. The molecule has 2 aliphatic rings. The van der Waals surface area contributed by atoms with Crippen molar-refractivity contribution in [1.82, 2.24) is 4.90 Å². The number of benzene rings is 3. The minimum atomic E-state index is -3.50. The van der Waals surface area contributed by atoms with Crippen LogP contribution in [0, 0.1) is 0 Å². The van der Waals surface area contributed by atoms with Crippen LogP contribution in [0.1, 0.15) is 30.4 Å². The van der Waals surface area contributed by atoms with E-state index >= 15 is 0 Å². The Morgan fingerprint density at radius 3 is 2.38 bits per heavy atom. The summed E-state index contributed by atoms with van der Waals surface area (Å²) in [5, 5.41) is 2.97. The number of fused-ring (bicyclic) bond motifs is 1. The highest BCUT2D eigenvalue weighted by atomic mass is 32.2. The monoisotopic (exact) mass is 562 g/mol. The third kappa shape index (κ3) is 6.64. The van der Waals surface area contributed by atoms with Gasteiger partial charge in [-0.2, -0.15) is 0 Å². The first kappa shape index (κ1) is 27.6. The molecule has 0 saturated carbocycles. The molecule has 8 heteroatoms. The van der Waals surface area contributed by atoms with Gasteiger partial charge in [-0.05, 0) is 97.3 Å². The second-order valence-corrected chi connectivity index (χ2v) is 13.1. The minimum Gasteiger partial charge on any atom is -0.381 e. The van der Waals surface area contributed by atoms with E-state index in [1.54, 1.807) is 23.9 Å². The van der Waals surface area contributed by atoms with Gasteiger partial charge in [0.1, 0.15) is 0 Å². The van der Waals surface area contributed by atoms with Gasteiger partial charge in [0.2, 0.25) is 0 Å². The largest absolute Gasteiger partial charge is 0.381 e. The predicted molar refractivity (Wildman–Crippen MR) is 159 cm³/mol. The van der Waals surface area contributed by atoms with Crippen LogP contribution in [-0.4, -0.2) is 57.5 Å². The van der Waals surface area contributed by atoms with Crippen LogP contribution in [0.15, 0.2) is 82.1 Å². The molecule has 0 atom stereocenters. The lowest BCUT2D eigenvalue weighted by Crippen LogP contribution is -2.36. The number of carbonyl (C=O) groups is 1. The fraction of sp³-hybridized carbons (Fsp3) is 0.323. The average molecular weight is 563 g/mol. The Hall–Kier alpha value is -2.91. The van der Waals surface area contributed by atoms with Gasteiger partial charge in [0.25, 0.3) is 5.91 Å². The Bertz CT molecular complexity index is 1460. The Kier molecular flexibility index (Phi) is 8.57. The van der Waals surface area contributed by atoms with E-state index in [4.69, 9.17) is 4.74 Å². The van der Waals surface area contributed by atoms with E-state index in [-0.39, 0.29) is 23.0 Å². The molecule has 0 bridgehead atoms. The molecule has 204 valence electrons. The van der Waals surface area contributed by atoms with Crippen LogP contribution < -0.4 is 5.32 Å². The smallest absolute Gasteiger partial charge is 0.251 e. The number of ether oxygens (including phenoxy) is 1. The van der Waals surface area contributed by atoms with Crippen LogP contribution in [0.3, 0.4) is 0 Å². The molecular formula is C31H34N2O4S2. The van der Waals surface area contributed by atoms with E-state index in [9.17, 15) is 13.2 Å². The van der Waals surface area contributed by atoms with Crippen LogP contribution in [0.2, 0.25) is 0 Å². The third-order valence-corrected chi connectivity index (χ3v) is 10.0. The molecular weight excluding hydrogens is 528 g/mol. The van der Waals surface area contributed by atoms with Crippen molar-refractivity contribution in [2.45, 2.75) is 41.6 Å². The van der Waals surface area contributed by atoms with Crippen molar-refractivity contribution in [2.24, 2.45) is 0 Å². The fourth-order valence-corrected chi connectivity index (χ4v) is 7.02. The average Bonchev–Trinajstić information content (AvgIpc) is 3.09. The predicted octanol–water partition coefficient (Wildman–Crippen LogP) is 5.89. The minimum absolute atomic E-state index is 0.0987. The zero-order chi connectivity index (χ0) is 27.4. The zero-order valence-electron chi connectivity index (χ0n) is 22.4. The van der Waals surface area contributed by atoms with Crippen molar-refractivity contribution < 1.29 is 17.9 Å². The fourth-order valence-electron chi connectivity index (χ4n) is 5.15. The number of thioether (sulfide) groups is 1. The van der Waals surface area contributed by atoms with E-state index in [0.29, 0.717) is 22.9 Å². The highest BCUT2D eigenvalue weighted by Gasteiger charge is 2.25. The SMILES string of the molecule is CSc1ccc(-c2ccc3c(c2)C=C(C(=O)Nc2ccc(CN(C)C4CCOCC4)cc2)CCS3(=O)=O)cc1. The van der Waals surface area contributed by atoms with Crippen molar-refractivity contribution in [2.75, 3.05) is 37.6 Å². The lowest BCUT2D eigenvalue weighted by atomic mass is 10.0. The van der Waals surface area contributed by atoms with Gasteiger partial charge in [0.05, 0.1) is 10.6 Å². The van der Waals surface area contributed by atoms with Gasteiger partial charge in [0, 0.05) is 42.0 Å². The van der Waals surface area contributed by atoms with Crippen molar-refractivity contribution in [3.05, 3.63) is 83.4 Å². The standard InChI is InChI=1S/C31H34N2O4S2/c1-33(28-13-16-37-17-14-28)21-22-3-8-27(9-4-22)32-31(34)25-15-18-39(35,36)30-12-7-24(19-26(30)20-25)23-5-10-29(38-2)11-6-23/h3-12,19-20,28H,13-18,21H2,1-2H3,(H,32,34). The first-order valence-corrected chi connectivity index (χ1v) is 16.1. The number of sulfone groups is 1. The molecule has 0 aliphatic carbocycles. The number of hydrogen-bond acceptors (Lipinski definition) is 6. The number of carbonyl (C=O) groups excluding carboxylic acids is 1. The molecule has 3 aromatic carbocycles. The summed E-state index contributed by atoms with van der Waals surface area (Å²) < 4.78 is 31.5.